The molecule has 0 aliphatic carbocycles. The number of carbonyl (C=O) groups excluding carboxylic acids is 2. The van der Waals surface area contributed by atoms with Crippen molar-refractivity contribution in [2.45, 2.75) is 33.2 Å². The first-order valence-corrected chi connectivity index (χ1v) is 10.6. The minimum absolute atomic E-state index is 0.00675. The first-order valence-electron chi connectivity index (χ1n) is 8.55. The quantitative estimate of drug-likeness (QED) is 0.476. The lowest BCUT2D eigenvalue weighted by atomic mass is 9.94. The van der Waals surface area contributed by atoms with Gasteiger partial charge in [-0.05, 0) is 53.1 Å². The van der Waals surface area contributed by atoms with E-state index in [0.717, 1.165) is 9.13 Å². The average Bonchev–Trinajstić information content (AvgIpc) is 2.59. The van der Waals surface area contributed by atoms with Crippen molar-refractivity contribution < 1.29 is 14.3 Å². The lowest BCUT2D eigenvalue weighted by Crippen LogP contribution is -2.45. The number of benzene rings is 1. The molecule has 0 aromatic heterocycles. The van der Waals surface area contributed by atoms with Crippen LogP contribution in [-0.2, 0) is 14.3 Å². The van der Waals surface area contributed by atoms with Crippen LogP contribution in [-0.4, -0.2) is 34.3 Å². The summed E-state index contributed by atoms with van der Waals surface area (Å²) < 4.78 is 6.59. The molecule has 0 bridgehead atoms. The van der Waals surface area contributed by atoms with Crippen molar-refractivity contribution in [3.05, 3.63) is 44.7 Å². The van der Waals surface area contributed by atoms with Crippen molar-refractivity contribution in [2.24, 2.45) is 10.9 Å². The van der Waals surface area contributed by atoms with E-state index in [4.69, 9.17) is 4.74 Å². The Balaban J connectivity index is 2.06. The summed E-state index contributed by atoms with van der Waals surface area (Å²) in [7, 11) is 0. The molecule has 0 saturated carbocycles. The molecule has 138 valence electrons. The van der Waals surface area contributed by atoms with Crippen molar-refractivity contribution in [2.75, 3.05) is 12.4 Å². The molecule has 7 heteroatoms. The molecule has 0 N–H and O–H groups in total. The maximum Gasteiger partial charge on any atom is 0.338 e. The zero-order valence-electron chi connectivity index (χ0n) is 15.0. The second-order valence-corrected chi connectivity index (χ2v) is 9.01. The third-order valence-corrected chi connectivity index (χ3v) is 5.83. The molecule has 1 amide bonds. The van der Waals surface area contributed by atoms with Crippen LogP contribution in [0.4, 0.5) is 0 Å². The molecule has 3 rings (SSSR count). The number of aliphatic imine (C=N–C) groups is 1. The number of hydrogen-bond acceptors (Lipinski definition) is 5. The number of ether oxygens (including phenoxy) is 1. The van der Waals surface area contributed by atoms with Crippen LogP contribution in [0.2, 0.25) is 0 Å². The fourth-order valence-electron chi connectivity index (χ4n) is 2.94. The van der Waals surface area contributed by atoms with Crippen LogP contribution in [0.5, 0.6) is 0 Å². The van der Waals surface area contributed by atoms with Gasteiger partial charge in [-0.15, -0.1) is 0 Å². The molecule has 0 radical (unpaired) electrons. The van der Waals surface area contributed by atoms with Gasteiger partial charge in [0.05, 0.1) is 23.9 Å². The van der Waals surface area contributed by atoms with E-state index in [9.17, 15) is 9.59 Å². The molecule has 0 unspecified atom stereocenters. The number of amides is 1. The fraction of sp³-hybridized carbons (Fsp3) is 0.421. The Morgan fingerprint density at radius 1 is 1.38 bits per heavy atom. The second kappa shape index (κ2) is 8.12. The molecule has 1 fully saturated rings. The molecule has 26 heavy (non-hydrogen) atoms. The first-order chi connectivity index (χ1) is 12.4. The number of allylic oxidation sites excluding steroid dienone is 1. The van der Waals surface area contributed by atoms with Gasteiger partial charge in [-0.1, -0.05) is 37.7 Å². The lowest BCUT2D eigenvalue weighted by molar-refractivity contribution is -0.141. The zero-order chi connectivity index (χ0) is 18.8. The largest absolute Gasteiger partial charge is 0.462 e. The molecule has 5 nitrogen and oxygen atoms in total. The second-order valence-electron chi connectivity index (χ2n) is 6.70. The average molecular weight is 484 g/mol. The normalized spacial score (nSPS) is 20.2. The topological polar surface area (TPSA) is 59.0 Å². The maximum absolute atomic E-state index is 12.8. The number of hydrogen-bond donors (Lipinski definition) is 0. The van der Waals surface area contributed by atoms with Crippen LogP contribution in [0.3, 0.4) is 0 Å². The predicted molar refractivity (Wildman–Crippen MR) is 112 cm³/mol. The number of fused-ring (bicyclic) bond motifs is 1. The minimum Gasteiger partial charge on any atom is -0.462 e. The Kier molecular flexibility index (Phi) is 6.06. The third kappa shape index (κ3) is 3.98. The summed E-state index contributed by atoms with van der Waals surface area (Å²) in [5, 5.41) is 0.669. The summed E-state index contributed by atoms with van der Waals surface area (Å²) in [4.78, 5) is 31.7. The van der Waals surface area contributed by atoms with Gasteiger partial charge in [0.1, 0.15) is 0 Å². The number of esters is 1. The first kappa shape index (κ1) is 19.4. The van der Waals surface area contributed by atoms with E-state index in [1.807, 2.05) is 45.0 Å². The van der Waals surface area contributed by atoms with Crippen molar-refractivity contribution in [3.63, 3.8) is 0 Å². The van der Waals surface area contributed by atoms with Crippen LogP contribution in [0.25, 0.3) is 0 Å². The highest BCUT2D eigenvalue weighted by molar-refractivity contribution is 14.1. The monoisotopic (exact) mass is 484 g/mol. The molecule has 1 saturated heterocycles. The summed E-state index contributed by atoms with van der Waals surface area (Å²) in [6.45, 7) is 6.14. The van der Waals surface area contributed by atoms with E-state index in [0.29, 0.717) is 35.2 Å². The molecular weight excluding hydrogens is 463 g/mol. The molecule has 2 heterocycles. The summed E-state index contributed by atoms with van der Waals surface area (Å²) in [5.74, 6) is 0.554. The van der Waals surface area contributed by atoms with E-state index >= 15 is 0 Å². The molecule has 2 aliphatic heterocycles. The molecule has 0 spiro atoms. The Morgan fingerprint density at radius 2 is 2.08 bits per heavy atom. The van der Waals surface area contributed by atoms with Crippen molar-refractivity contribution in [3.8, 4) is 0 Å². The van der Waals surface area contributed by atoms with Crippen molar-refractivity contribution in [1.29, 1.82) is 0 Å². The van der Waals surface area contributed by atoms with Crippen LogP contribution < -0.4 is 0 Å². The van der Waals surface area contributed by atoms with E-state index in [2.05, 4.69) is 27.6 Å². The molecule has 1 aromatic rings. The Hall–Kier alpha value is -1.35. The van der Waals surface area contributed by atoms with Crippen LogP contribution in [0.15, 0.2) is 40.5 Å². The molecule has 2 aliphatic rings. The predicted octanol–water partition coefficient (Wildman–Crippen LogP) is 4.14. The highest BCUT2D eigenvalue weighted by Gasteiger charge is 2.41. The third-order valence-electron chi connectivity index (χ3n) is 4.16. The molecular formula is C19H21IN2O3S. The zero-order valence-corrected chi connectivity index (χ0v) is 18.0. The van der Waals surface area contributed by atoms with Gasteiger partial charge in [-0.2, -0.15) is 0 Å². The van der Waals surface area contributed by atoms with Gasteiger partial charge in [-0.3, -0.25) is 9.69 Å². The van der Waals surface area contributed by atoms with Gasteiger partial charge < -0.3 is 4.74 Å². The smallest absolute Gasteiger partial charge is 0.338 e. The van der Waals surface area contributed by atoms with Crippen LogP contribution in [0.1, 0.15) is 38.8 Å². The van der Waals surface area contributed by atoms with Gasteiger partial charge in [-0.25, -0.2) is 9.79 Å². The Morgan fingerprint density at radius 3 is 2.73 bits per heavy atom. The minimum atomic E-state index is -0.487. The van der Waals surface area contributed by atoms with E-state index in [1.54, 1.807) is 16.7 Å². The summed E-state index contributed by atoms with van der Waals surface area (Å²) in [5.41, 5.74) is 1.96. The van der Waals surface area contributed by atoms with E-state index in [-0.39, 0.29) is 11.8 Å². The van der Waals surface area contributed by atoms with Gasteiger partial charge in [0.2, 0.25) is 5.91 Å². The lowest BCUT2D eigenvalue weighted by Gasteiger charge is -2.39. The number of rotatable bonds is 4. The van der Waals surface area contributed by atoms with Gasteiger partial charge in [0, 0.05) is 15.7 Å². The SMILES string of the molecule is CC1=C(C(=O)OCC(C)C)[C@H](c2ccc(I)cc2)N2C(=O)CCSC2=N1. The van der Waals surface area contributed by atoms with Crippen molar-refractivity contribution >= 4 is 51.4 Å². The number of halogens is 1. The van der Waals surface area contributed by atoms with E-state index in [1.165, 1.54) is 0 Å². The highest BCUT2D eigenvalue weighted by Crippen LogP contribution is 2.40. The van der Waals surface area contributed by atoms with Gasteiger partial charge in [0.15, 0.2) is 5.17 Å². The fourth-order valence-corrected chi connectivity index (χ4v) is 4.30. The summed E-state index contributed by atoms with van der Waals surface area (Å²) in [6.07, 6.45) is 0.442. The number of thioether (sulfide) groups is 1. The number of amidine groups is 1. The van der Waals surface area contributed by atoms with Gasteiger partial charge >= 0.3 is 5.97 Å². The standard InChI is InChI=1S/C19H21IN2O3S/c1-11(2)10-25-18(24)16-12(3)21-19-22(15(23)8-9-26-19)17(16)13-4-6-14(20)7-5-13/h4-7,11,17H,8-10H2,1-3H3/t17-/m0/s1. The number of nitrogens with zero attached hydrogens (tertiary/aromatic N) is 2. The van der Waals surface area contributed by atoms with Crippen molar-refractivity contribution in [1.82, 2.24) is 4.90 Å². The summed E-state index contributed by atoms with van der Waals surface area (Å²) in [6, 6.07) is 7.40. The maximum atomic E-state index is 12.8. The summed E-state index contributed by atoms with van der Waals surface area (Å²) >= 11 is 3.80. The highest BCUT2D eigenvalue weighted by atomic mass is 127. The Labute approximate surface area is 171 Å². The van der Waals surface area contributed by atoms with E-state index < -0.39 is 12.0 Å². The Bertz CT molecular complexity index is 786. The van der Waals surface area contributed by atoms with Gasteiger partial charge in [0.25, 0.3) is 0 Å². The molecule has 1 aromatic carbocycles. The van der Waals surface area contributed by atoms with Crippen LogP contribution in [0, 0.1) is 9.49 Å². The van der Waals surface area contributed by atoms with Crippen LogP contribution >= 0.6 is 34.4 Å². The molecule has 1 atom stereocenters. The number of carbonyl (C=O) groups is 2.